The standard InChI is InChI=1S/C33H48N4O5/c1-7-19-35(20-8-2)29(39)26-27-30(40)37(22-23-38)28(33(27)18-17-32(26,10-4)42-33)31(41)36(21-9-3)25-15-13-24(14-16-25)34(11-5)12-6/h7,9,13-16,26-28,38H,1,3,8,10-12,17-23H2,2,4-6H3/t26-,27+,28?,32+,33?/m1/s1. The van der Waals surface area contributed by atoms with Gasteiger partial charge in [-0.3, -0.25) is 14.4 Å². The van der Waals surface area contributed by atoms with E-state index in [1.165, 1.54) is 4.90 Å². The molecule has 3 aliphatic rings. The highest BCUT2D eigenvalue weighted by Gasteiger charge is 2.79. The number of rotatable bonds is 15. The van der Waals surface area contributed by atoms with E-state index in [1.54, 1.807) is 22.0 Å². The number of fused-ring (bicyclic) bond motifs is 1. The molecule has 0 aromatic heterocycles. The number of ether oxygens (including phenoxy) is 1. The van der Waals surface area contributed by atoms with Crippen LogP contribution in [0.1, 0.15) is 53.4 Å². The molecular weight excluding hydrogens is 532 g/mol. The maximum atomic E-state index is 14.6. The minimum Gasteiger partial charge on any atom is -0.395 e. The van der Waals surface area contributed by atoms with Crippen LogP contribution in [0.5, 0.6) is 0 Å². The molecule has 2 bridgehead atoms. The molecule has 230 valence electrons. The van der Waals surface area contributed by atoms with Crippen LogP contribution in [0.3, 0.4) is 0 Å². The lowest BCUT2D eigenvalue weighted by atomic mass is 9.64. The SMILES string of the molecule is C=CCN(CCC)C(=O)[C@H]1[C@H]2C(=O)N(CCO)C(C(=O)N(CC=C)c3ccc(N(CC)CC)cc3)C23CC[C@]1(CC)O3. The molecule has 3 saturated heterocycles. The summed E-state index contributed by atoms with van der Waals surface area (Å²) in [6.07, 6.45) is 5.80. The maximum absolute atomic E-state index is 14.6. The van der Waals surface area contributed by atoms with Crippen molar-refractivity contribution in [2.24, 2.45) is 11.8 Å². The Morgan fingerprint density at radius 2 is 1.67 bits per heavy atom. The van der Waals surface area contributed by atoms with Gasteiger partial charge in [0.1, 0.15) is 11.6 Å². The molecule has 1 spiro atoms. The molecule has 0 aliphatic carbocycles. The van der Waals surface area contributed by atoms with Crippen LogP contribution in [0.2, 0.25) is 0 Å². The van der Waals surface area contributed by atoms with Crippen molar-refractivity contribution >= 4 is 29.1 Å². The van der Waals surface area contributed by atoms with Crippen LogP contribution in [0.25, 0.3) is 0 Å². The molecule has 0 saturated carbocycles. The van der Waals surface area contributed by atoms with Crippen LogP contribution in [0.15, 0.2) is 49.6 Å². The van der Waals surface area contributed by atoms with Crippen molar-refractivity contribution in [2.75, 3.05) is 55.7 Å². The summed E-state index contributed by atoms with van der Waals surface area (Å²) in [4.78, 5) is 50.1. The third-order valence-corrected chi connectivity index (χ3v) is 9.54. The first kappa shape index (κ1) is 31.8. The summed E-state index contributed by atoms with van der Waals surface area (Å²) in [6, 6.07) is 6.87. The fourth-order valence-corrected chi connectivity index (χ4v) is 7.67. The van der Waals surface area contributed by atoms with Crippen LogP contribution in [0, 0.1) is 11.8 Å². The molecule has 1 aromatic carbocycles. The Morgan fingerprint density at radius 1 is 1.02 bits per heavy atom. The molecule has 3 fully saturated rings. The highest BCUT2D eigenvalue weighted by molar-refractivity contribution is 6.05. The number of likely N-dealkylation sites (tertiary alicyclic amines) is 1. The summed E-state index contributed by atoms with van der Waals surface area (Å²) < 4.78 is 6.89. The highest BCUT2D eigenvalue weighted by Crippen LogP contribution is 2.64. The average molecular weight is 581 g/mol. The summed E-state index contributed by atoms with van der Waals surface area (Å²) in [5, 5.41) is 10.00. The average Bonchev–Trinajstić information content (AvgIpc) is 3.60. The van der Waals surface area contributed by atoms with Crippen LogP contribution in [-0.4, -0.2) is 95.7 Å². The molecule has 42 heavy (non-hydrogen) atoms. The van der Waals surface area contributed by atoms with Gasteiger partial charge in [0.2, 0.25) is 11.8 Å². The van der Waals surface area contributed by atoms with E-state index in [0.29, 0.717) is 38.0 Å². The topological polar surface area (TPSA) is 93.6 Å². The smallest absolute Gasteiger partial charge is 0.253 e. The predicted molar refractivity (Wildman–Crippen MR) is 165 cm³/mol. The summed E-state index contributed by atoms with van der Waals surface area (Å²) in [7, 11) is 0. The zero-order valence-electron chi connectivity index (χ0n) is 25.8. The monoisotopic (exact) mass is 580 g/mol. The Hall–Kier alpha value is -3.17. The lowest BCUT2D eigenvalue weighted by molar-refractivity contribution is -0.151. The molecule has 4 rings (SSSR count). The van der Waals surface area contributed by atoms with Gasteiger partial charge in [-0.1, -0.05) is 26.0 Å². The van der Waals surface area contributed by atoms with Gasteiger partial charge in [0.15, 0.2) is 0 Å². The number of aliphatic hydroxyl groups is 1. The molecule has 3 aliphatic heterocycles. The first-order chi connectivity index (χ1) is 20.2. The van der Waals surface area contributed by atoms with Gasteiger partial charge in [0, 0.05) is 50.6 Å². The normalized spacial score (nSPS) is 27.6. The van der Waals surface area contributed by atoms with E-state index < -0.39 is 29.1 Å². The summed E-state index contributed by atoms with van der Waals surface area (Å²) in [6.45, 7) is 18.5. The number of carbonyl (C=O) groups excluding carboxylic acids is 3. The Morgan fingerprint density at radius 3 is 2.21 bits per heavy atom. The summed E-state index contributed by atoms with van der Waals surface area (Å²) in [5.74, 6) is -2.19. The van der Waals surface area contributed by atoms with Crippen LogP contribution < -0.4 is 9.80 Å². The number of hydrogen-bond acceptors (Lipinski definition) is 6. The van der Waals surface area contributed by atoms with Gasteiger partial charge in [-0.25, -0.2) is 0 Å². The fourth-order valence-electron chi connectivity index (χ4n) is 7.67. The van der Waals surface area contributed by atoms with E-state index >= 15 is 0 Å². The third-order valence-electron chi connectivity index (χ3n) is 9.54. The zero-order valence-corrected chi connectivity index (χ0v) is 25.8. The van der Waals surface area contributed by atoms with Gasteiger partial charge in [-0.05, 0) is 63.8 Å². The van der Waals surface area contributed by atoms with E-state index in [4.69, 9.17) is 4.74 Å². The van der Waals surface area contributed by atoms with Crippen molar-refractivity contribution in [3.05, 3.63) is 49.6 Å². The van der Waals surface area contributed by atoms with Crippen molar-refractivity contribution in [1.29, 1.82) is 0 Å². The molecule has 1 aromatic rings. The number of amides is 3. The van der Waals surface area contributed by atoms with E-state index in [9.17, 15) is 19.5 Å². The third kappa shape index (κ3) is 5.04. The largest absolute Gasteiger partial charge is 0.395 e. The van der Waals surface area contributed by atoms with Crippen molar-refractivity contribution in [3.63, 3.8) is 0 Å². The van der Waals surface area contributed by atoms with Crippen LogP contribution in [-0.2, 0) is 19.1 Å². The van der Waals surface area contributed by atoms with E-state index in [0.717, 1.165) is 25.2 Å². The zero-order chi connectivity index (χ0) is 30.7. The first-order valence-corrected chi connectivity index (χ1v) is 15.5. The molecule has 9 heteroatoms. The number of benzene rings is 1. The molecule has 1 N–H and O–H groups in total. The molecule has 0 radical (unpaired) electrons. The van der Waals surface area contributed by atoms with E-state index in [1.807, 2.05) is 38.1 Å². The van der Waals surface area contributed by atoms with Crippen LogP contribution >= 0.6 is 0 Å². The Labute approximate surface area is 250 Å². The van der Waals surface area contributed by atoms with Gasteiger partial charge in [-0.15, -0.1) is 13.2 Å². The van der Waals surface area contributed by atoms with Crippen molar-refractivity contribution in [1.82, 2.24) is 9.80 Å². The van der Waals surface area contributed by atoms with Crippen molar-refractivity contribution in [3.8, 4) is 0 Å². The number of hydrogen-bond donors (Lipinski definition) is 1. The maximum Gasteiger partial charge on any atom is 0.253 e. The van der Waals surface area contributed by atoms with Crippen LogP contribution in [0.4, 0.5) is 11.4 Å². The number of carbonyl (C=O) groups is 3. The van der Waals surface area contributed by atoms with Crippen molar-refractivity contribution in [2.45, 2.75) is 70.6 Å². The molecular formula is C33H48N4O5. The van der Waals surface area contributed by atoms with E-state index in [-0.39, 0.29) is 37.4 Å². The Balaban J connectivity index is 1.77. The van der Waals surface area contributed by atoms with Gasteiger partial charge in [0.25, 0.3) is 5.91 Å². The second kappa shape index (κ2) is 13.0. The summed E-state index contributed by atoms with van der Waals surface area (Å²) >= 11 is 0. The molecule has 3 heterocycles. The minimum absolute atomic E-state index is 0.00888. The predicted octanol–water partition coefficient (Wildman–Crippen LogP) is 3.62. The fraction of sp³-hybridized carbons (Fsp3) is 0.606. The van der Waals surface area contributed by atoms with Gasteiger partial charge < -0.3 is 29.4 Å². The number of nitrogens with zero attached hydrogens (tertiary/aromatic N) is 4. The quantitative estimate of drug-likeness (QED) is 0.319. The summed E-state index contributed by atoms with van der Waals surface area (Å²) in [5.41, 5.74) is -0.209. The lowest BCUT2D eigenvalue weighted by Crippen LogP contribution is -2.57. The second-order valence-electron chi connectivity index (χ2n) is 11.6. The van der Waals surface area contributed by atoms with E-state index in [2.05, 4.69) is 31.9 Å². The minimum atomic E-state index is -1.15. The highest BCUT2D eigenvalue weighted by atomic mass is 16.5. The van der Waals surface area contributed by atoms with Gasteiger partial charge in [0.05, 0.1) is 24.0 Å². The molecule has 2 unspecified atom stereocenters. The van der Waals surface area contributed by atoms with Gasteiger partial charge >= 0.3 is 0 Å². The molecule has 9 nitrogen and oxygen atoms in total. The number of β-amino-alcohol motifs (C(OH)–C–C–N with tert-alkyl or cyclic N) is 1. The van der Waals surface area contributed by atoms with Gasteiger partial charge in [-0.2, -0.15) is 0 Å². The van der Waals surface area contributed by atoms with Crippen molar-refractivity contribution < 1.29 is 24.2 Å². The Kier molecular flexibility index (Phi) is 9.83. The number of anilines is 2. The number of aliphatic hydroxyl groups excluding tert-OH is 1. The lowest BCUT2D eigenvalue weighted by Gasteiger charge is -2.37. The first-order valence-electron chi connectivity index (χ1n) is 15.5. The Bertz CT molecular complexity index is 1170. The second-order valence-corrected chi connectivity index (χ2v) is 11.6. The molecule has 5 atom stereocenters. The molecule has 3 amide bonds.